The fourth-order valence-electron chi connectivity index (χ4n) is 3.27. The van der Waals surface area contributed by atoms with E-state index in [2.05, 4.69) is 5.32 Å². The van der Waals surface area contributed by atoms with Crippen LogP contribution in [0.5, 0.6) is 0 Å². The fraction of sp³-hybridized carbons (Fsp3) is 0.130. The number of halogens is 1. The quantitative estimate of drug-likeness (QED) is 0.631. The van der Waals surface area contributed by atoms with Crippen molar-refractivity contribution < 1.29 is 18.4 Å². The number of rotatable bonds is 6. The minimum atomic E-state index is -0.465. The smallest absolute Gasteiger partial charge is 0.278 e. The largest absolute Gasteiger partial charge is 0.467 e. The molecule has 0 atom stereocenters. The van der Waals surface area contributed by atoms with Gasteiger partial charge in [0.25, 0.3) is 11.8 Å². The SMILES string of the molecule is CN(C)c1ccc(NC2=C(c3ccc(F)cc3)C(=O)N(Cc3ccco3)C2=O)cc1. The summed E-state index contributed by atoms with van der Waals surface area (Å²) in [4.78, 5) is 29.3. The summed E-state index contributed by atoms with van der Waals surface area (Å²) in [5.41, 5.74) is 2.47. The van der Waals surface area contributed by atoms with Crippen molar-refractivity contribution in [3.63, 3.8) is 0 Å². The number of benzene rings is 2. The Balaban J connectivity index is 1.71. The van der Waals surface area contributed by atoms with Crippen molar-refractivity contribution in [2.45, 2.75) is 6.54 Å². The Kier molecular flexibility index (Phi) is 5.10. The van der Waals surface area contributed by atoms with Crippen molar-refractivity contribution in [3.8, 4) is 0 Å². The third-order valence-corrected chi connectivity index (χ3v) is 4.85. The molecule has 1 aromatic heterocycles. The molecule has 1 aliphatic rings. The van der Waals surface area contributed by atoms with Gasteiger partial charge in [0.2, 0.25) is 0 Å². The molecule has 0 radical (unpaired) electrons. The summed E-state index contributed by atoms with van der Waals surface area (Å²) < 4.78 is 18.7. The lowest BCUT2D eigenvalue weighted by Gasteiger charge is -2.15. The minimum Gasteiger partial charge on any atom is -0.467 e. The first-order valence-electron chi connectivity index (χ1n) is 9.37. The highest BCUT2D eigenvalue weighted by Crippen LogP contribution is 2.32. The van der Waals surface area contributed by atoms with E-state index in [0.717, 1.165) is 10.6 Å². The number of nitrogens with zero attached hydrogens (tertiary/aromatic N) is 2. The van der Waals surface area contributed by atoms with Gasteiger partial charge in [-0.25, -0.2) is 4.39 Å². The van der Waals surface area contributed by atoms with Gasteiger partial charge < -0.3 is 14.6 Å². The van der Waals surface area contributed by atoms with Crippen molar-refractivity contribution in [2.24, 2.45) is 0 Å². The Hall–Kier alpha value is -3.87. The van der Waals surface area contributed by atoms with E-state index in [1.807, 2.05) is 43.3 Å². The van der Waals surface area contributed by atoms with Gasteiger partial charge in [-0.15, -0.1) is 0 Å². The highest BCUT2D eigenvalue weighted by atomic mass is 19.1. The normalized spacial score (nSPS) is 13.9. The van der Waals surface area contributed by atoms with Crippen LogP contribution in [-0.4, -0.2) is 30.8 Å². The van der Waals surface area contributed by atoms with Gasteiger partial charge >= 0.3 is 0 Å². The van der Waals surface area contributed by atoms with Gasteiger partial charge in [-0.05, 0) is 54.1 Å². The third kappa shape index (κ3) is 3.69. The average molecular weight is 405 g/mol. The van der Waals surface area contributed by atoms with Gasteiger partial charge in [-0.2, -0.15) is 0 Å². The highest BCUT2D eigenvalue weighted by molar-refractivity contribution is 6.36. The molecular formula is C23H20FN3O3. The van der Waals surface area contributed by atoms with Gasteiger partial charge in [0.05, 0.1) is 18.4 Å². The Morgan fingerprint density at radius 2 is 1.67 bits per heavy atom. The van der Waals surface area contributed by atoms with E-state index in [-0.39, 0.29) is 17.8 Å². The maximum atomic E-state index is 13.4. The number of nitrogens with one attached hydrogen (secondary N) is 1. The van der Waals surface area contributed by atoms with E-state index in [0.29, 0.717) is 17.0 Å². The van der Waals surface area contributed by atoms with Crippen molar-refractivity contribution >= 4 is 28.8 Å². The molecule has 3 aromatic rings. The van der Waals surface area contributed by atoms with Crippen LogP contribution in [0.4, 0.5) is 15.8 Å². The van der Waals surface area contributed by atoms with Gasteiger partial charge in [0.1, 0.15) is 17.3 Å². The molecule has 7 heteroatoms. The zero-order valence-corrected chi connectivity index (χ0v) is 16.6. The zero-order valence-electron chi connectivity index (χ0n) is 16.6. The summed E-state index contributed by atoms with van der Waals surface area (Å²) in [5.74, 6) is -0.855. The minimum absolute atomic E-state index is 0.0140. The van der Waals surface area contributed by atoms with Crippen LogP contribution in [0.2, 0.25) is 0 Å². The molecule has 30 heavy (non-hydrogen) atoms. The molecule has 1 N–H and O–H groups in total. The van der Waals surface area contributed by atoms with E-state index in [4.69, 9.17) is 4.42 Å². The van der Waals surface area contributed by atoms with Crippen molar-refractivity contribution in [3.05, 3.63) is 89.8 Å². The molecule has 4 rings (SSSR count). The van der Waals surface area contributed by atoms with Crippen LogP contribution in [0.25, 0.3) is 5.57 Å². The number of amides is 2. The van der Waals surface area contributed by atoms with Gasteiger partial charge in [-0.3, -0.25) is 14.5 Å². The summed E-state index contributed by atoms with van der Waals surface area (Å²) in [6.45, 7) is 0.0140. The van der Waals surface area contributed by atoms with Gasteiger partial charge in [0.15, 0.2) is 0 Å². The van der Waals surface area contributed by atoms with Crippen molar-refractivity contribution in [1.82, 2.24) is 4.90 Å². The average Bonchev–Trinajstić information content (AvgIpc) is 3.32. The Morgan fingerprint density at radius 1 is 0.967 bits per heavy atom. The third-order valence-electron chi connectivity index (χ3n) is 4.85. The second-order valence-corrected chi connectivity index (χ2v) is 7.10. The van der Waals surface area contributed by atoms with E-state index >= 15 is 0 Å². The predicted octanol–water partition coefficient (Wildman–Crippen LogP) is 3.88. The van der Waals surface area contributed by atoms with Gasteiger partial charge in [-0.1, -0.05) is 12.1 Å². The predicted molar refractivity (Wildman–Crippen MR) is 112 cm³/mol. The van der Waals surface area contributed by atoms with Crippen molar-refractivity contribution in [1.29, 1.82) is 0 Å². The van der Waals surface area contributed by atoms with Crippen LogP contribution in [0.15, 0.2) is 77.0 Å². The topological polar surface area (TPSA) is 65.8 Å². The van der Waals surface area contributed by atoms with E-state index in [1.54, 1.807) is 12.1 Å². The molecule has 2 amide bonds. The lowest BCUT2D eigenvalue weighted by molar-refractivity contribution is -0.137. The Morgan fingerprint density at radius 3 is 2.27 bits per heavy atom. The standard InChI is InChI=1S/C23H20FN3O3/c1-26(2)18-11-9-17(10-12-18)25-21-20(15-5-7-16(24)8-6-15)22(28)27(23(21)29)14-19-4-3-13-30-19/h3-13,25H,14H2,1-2H3. The number of carbonyl (C=O) groups excluding carboxylic acids is 2. The molecule has 2 aromatic carbocycles. The van der Waals surface area contributed by atoms with Crippen LogP contribution in [-0.2, 0) is 16.1 Å². The summed E-state index contributed by atoms with van der Waals surface area (Å²) in [6.07, 6.45) is 1.49. The Labute approximate surface area is 173 Å². The second-order valence-electron chi connectivity index (χ2n) is 7.10. The molecule has 1 aliphatic heterocycles. The summed E-state index contributed by atoms with van der Waals surface area (Å²) in [7, 11) is 3.87. The summed E-state index contributed by atoms with van der Waals surface area (Å²) in [5, 5.41) is 3.08. The molecule has 0 saturated heterocycles. The Bertz CT molecular complexity index is 1100. The number of furan rings is 1. The van der Waals surface area contributed by atoms with Crippen LogP contribution < -0.4 is 10.2 Å². The molecule has 0 spiro atoms. The molecule has 0 bridgehead atoms. The number of anilines is 2. The highest BCUT2D eigenvalue weighted by Gasteiger charge is 2.39. The second kappa shape index (κ2) is 7.87. The number of hydrogen-bond acceptors (Lipinski definition) is 5. The fourth-order valence-corrected chi connectivity index (χ4v) is 3.27. The molecule has 2 heterocycles. The van der Waals surface area contributed by atoms with E-state index < -0.39 is 17.6 Å². The van der Waals surface area contributed by atoms with Crippen LogP contribution in [0, 0.1) is 5.82 Å². The lowest BCUT2D eigenvalue weighted by atomic mass is 10.0. The zero-order chi connectivity index (χ0) is 21.3. The van der Waals surface area contributed by atoms with Gasteiger partial charge in [0, 0.05) is 25.5 Å². The molecule has 152 valence electrons. The van der Waals surface area contributed by atoms with Crippen LogP contribution in [0.3, 0.4) is 0 Å². The first-order valence-corrected chi connectivity index (χ1v) is 9.37. The first-order chi connectivity index (χ1) is 14.4. The molecule has 0 fully saturated rings. The maximum Gasteiger partial charge on any atom is 0.278 e. The molecule has 0 saturated carbocycles. The van der Waals surface area contributed by atoms with E-state index in [9.17, 15) is 14.0 Å². The first kappa shape index (κ1) is 19.4. The monoisotopic (exact) mass is 405 g/mol. The number of hydrogen-bond donors (Lipinski definition) is 1. The molecule has 0 aliphatic carbocycles. The molecule has 0 unspecified atom stereocenters. The van der Waals surface area contributed by atoms with Crippen molar-refractivity contribution in [2.75, 3.05) is 24.3 Å². The molecule has 6 nitrogen and oxygen atoms in total. The maximum absolute atomic E-state index is 13.4. The number of carbonyl (C=O) groups is 2. The summed E-state index contributed by atoms with van der Waals surface area (Å²) in [6, 6.07) is 16.4. The van der Waals surface area contributed by atoms with Crippen LogP contribution >= 0.6 is 0 Å². The molecular weight excluding hydrogens is 385 g/mol. The lowest BCUT2D eigenvalue weighted by Crippen LogP contribution is -2.31. The van der Waals surface area contributed by atoms with E-state index in [1.165, 1.54) is 30.5 Å². The summed E-state index contributed by atoms with van der Waals surface area (Å²) >= 11 is 0. The van der Waals surface area contributed by atoms with Crippen LogP contribution in [0.1, 0.15) is 11.3 Å². The number of imide groups is 1.